The van der Waals surface area contributed by atoms with Gasteiger partial charge in [-0.3, -0.25) is 0 Å². The number of hydrogen-bond donors (Lipinski definition) is 2. The van der Waals surface area contributed by atoms with Gasteiger partial charge in [0.2, 0.25) is 0 Å². The van der Waals surface area contributed by atoms with E-state index < -0.39 is 0 Å². The first kappa shape index (κ1) is 12.9. The number of aliphatic hydroxyl groups is 1. The molecule has 13 heavy (non-hydrogen) atoms. The van der Waals surface area contributed by atoms with Crippen molar-refractivity contribution in [1.29, 1.82) is 0 Å². The summed E-state index contributed by atoms with van der Waals surface area (Å²) in [6.45, 7) is 10.2. The minimum absolute atomic E-state index is 0.316. The first-order chi connectivity index (χ1) is 6.11. The molecule has 0 bridgehead atoms. The molecule has 0 spiro atoms. The molecule has 0 saturated heterocycles. The Labute approximate surface area is 82.7 Å². The van der Waals surface area contributed by atoms with Gasteiger partial charge in [0.1, 0.15) is 0 Å². The van der Waals surface area contributed by atoms with E-state index in [-0.39, 0.29) is 0 Å². The molecule has 0 aromatic heterocycles. The van der Waals surface area contributed by atoms with Crippen LogP contribution >= 0.6 is 0 Å². The smallest absolute Gasteiger partial charge is 0.0434 e. The summed E-state index contributed by atoms with van der Waals surface area (Å²) in [7, 11) is 0. The molecule has 0 aliphatic carbocycles. The fourth-order valence-corrected chi connectivity index (χ4v) is 1.22. The molecule has 0 aromatic rings. The summed E-state index contributed by atoms with van der Waals surface area (Å²) in [6, 6.07) is 0.577. The van der Waals surface area contributed by atoms with Crippen molar-refractivity contribution in [3.63, 3.8) is 0 Å². The molecule has 0 heterocycles. The second-order valence-electron chi connectivity index (χ2n) is 4.23. The lowest BCUT2D eigenvalue weighted by atomic mass is 10.0. The van der Waals surface area contributed by atoms with Crippen molar-refractivity contribution in [2.75, 3.05) is 13.2 Å². The summed E-state index contributed by atoms with van der Waals surface area (Å²) < 4.78 is 0. The average Bonchev–Trinajstić information content (AvgIpc) is 2.11. The molecule has 0 aliphatic rings. The van der Waals surface area contributed by atoms with Gasteiger partial charge in [-0.05, 0) is 31.7 Å². The van der Waals surface area contributed by atoms with Crippen LogP contribution in [0.1, 0.15) is 40.5 Å². The Morgan fingerprint density at radius 2 is 1.85 bits per heavy atom. The van der Waals surface area contributed by atoms with Crippen LogP contribution in [0.4, 0.5) is 0 Å². The maximum Gasteiger partial charge on any atom is 0.0434 e. The van der Waals surface area contributed by atoms with Gasteiger partial charge in [0, 0.05) is 12.6 Å². The van der Waals surface area contributed by atoms with Crippen LogP contribution in [0, 0.1) is 11.8 Å². The summed E-state index contributed by atoms with van der Waals surface area (Å²) in [6.07, 6.45) is 2.08. The van der Waals surface area contributed by atoms with Crippen LogP contribution in [0.25, 0.3) is 0 Å². The quantitative estimate of drug-likeness (QED) is 0.639. The second kappa shape index (κ2) is 7.34. The molecule has 2 nitrogen and oxygen atoms in total. The monoisotopic (exact) mass is 187 g/mol. The molecule has 2 unspecified atom stereocenters. The van der Waals surface area contributed by atoms with E-state index in [4.69, 9.17) is 5.11 Å². The summed E-state index contributed by atoms with van der Waals surface area (Å²) in [5.74, 6) is 1.32. The van der Waals surface area contributed by atoms with Crippen molar-refractivity contribution in [1.82, 2.24) is 5.32 Å². The highest BCUT2D eigenvalue weighted by atomic mass is 16.3. The summed E-state index contributed by atoms with van der Waals surface area (Å²) >= 11 is 0. The first-order valence-electron chi connectivity index (χ1n) is 5.46. The Morgan fingerprint density at radius 1 is 1.23 bits per heavy atom. The van der Waals surface area contributed by atoms with Crippen LogP contribution in [0.3, 0.4) is 0 Å². The first-order valence-corrected chi connectivity index (χ1v) is 5.46. The topological polar surface area (TPSA) is 32.3 Å². The van der Waals surface area contributed by atoms with Crippen LogP contribution in [0.2, 0.25) is 0 Å². The van der Waals surface area contributed by atoms with Gasteiger partial charge in [0.05, 0.1) is 0 Å². The second-order valence-corrected chi connectivity index (χ2v) is 4.23. The molecular formula is C11H25NO. The van der Waals surface area contributed by atoms with Gasteiger partial charge in [-0.2, -0.15) is 0 Å². The van der Waals surface area contributed by atoms with Crippen LogP contribution < -0.4 is 5.32 Å². The Balaban J connectivity index is 3.58. The third-order valence-electron chi connectivity index (χ3n) is 2.84. The van der Waals surface area contributed by atoms with Crippen LogP contribution in [0.15, 0.2) is 0 Å². The van der Waals surface area contributed by atoms with Crippen molar-refractivity contribution in [3.05, 3.63) is 0 Å². The maximum absolute atomic E-state index is 8.81. The molecule has 2 atom stereocenters. The highest BCUT2D eigenvalue weighted by Gasteiger charge is 2.09. The molecule has 0 rings (SSSR count). The predicted octanol–water partition coefficient (Wildman–Crippen LogP) is 2.03. The Bertz CT molecular complexity index is 115. The van der Waals surface area contributed by atoms with Gasteiger partial charge in [-0.1, -0.05) is 27.2 Å². The van der Waals surface area contributed by atoms with E-state index in [1.165, 1.54) is 0 Å². The van der Waals surface area contributed by atoms with E-state index in [0.717, 1.165) is 19.4 Å². The number of nitrogens with one attached hydrogen (secondary N) is 1. The van der Waals surface area contributed by atoms with Crippen LogP contribution in [-0.4, -0.2) is 24.3 Å². The third kappa shape index (κ3) is 6.05. The molecule has 0 saturated carbocycles. The SMILES string of the molecule is CCC(CCO)CNC(C)C(C)C. The molecule has 2 N–H and O–H groups in total. The zero-order valence-electron chi connectivity index (χ0n) is 9.51. The highest BCUT2D eigenvalue weighted by Crippen LogP contribution is 2.07. The number of hydrogen-bond acceptors (Lipinski definition) is 2. The fourth-order valence-electron chi connectivity index (χ4n) is 1.22. The van der Waals surface area contributed by atoms with E-state index >= 15 is 0 Å². The Kier molecular flexibility index (Phi) is 7.29. The molecule has 0 radical (unpaired) electrons. The van der Waals surface area contributed by atoms with Gasteiger partial charge in [-0.25, -0.2) is 0 Å². The highest BCUT2D eigenvalue weighted by molar-refractivity contribution is 4.67. The van der Waals surface area contributed by atoms with Gasteiger partial charge in [-0.15, -0.1) is 0 Å². The van der Waals surface area contributed by atoms with E-state index in [1.54, 1.807) is 0 Å². The van der Waals surface area contributed by atoms with Crippen molar-refractivity contribution in [2.24, 2.45) is 11.8 Å². The lowest BCUT2D eigenvalue weighted by molar-refractivity contribution is 0.246. The van der Waals surface area contributed by atoms with Crippen LogP contribution in [0.5, 0.6) is 0 Å². The Hall–Kier alpha value is -0.0800. The standard InChI is InChI=1S/C11H25NO/c1-5-11(6-7-13)8-12-10(4)9(2)3/h9-13H,5-8H2,1-4H3. The molecular weight excluding hydrogens is 162 g/mol. The van der Waals surface area contributed by atoms with Gasteiger partial charge in [0.25, 0.3) is 0 Å². The largest absolute Gasteiger partial charge is 0.396 e. The lowest BCUT2D eigenvalue weighted by Crippen LogP contribution is -2.34. The van der Waals surface area contributed by atoms with E-state index in [1.807, 2.05) is 0 Å². The predicted molar refractivity (Wildman–Crippen MR) is 57.8 cm³/mol. The van der Waals surface area contributed by atoms with Crippen molar-refractivity contribution in [3.8, 4) is 0 Å². The lowest BCUT2D eigenvalue weighted by Gasteiger charge is -2.21. The van der Waals surface area contributed by atoms with Crippen molar-refractivity contribution >= 4 is 0 Å². The molecule has 80 valence electrons. The van der Waals surface area contributed by atoms with E-state index in [0.29, 0.717) is 24.5 Å². The number of rotatable bonds is 7. The van der Waals surface area contributed by atoms with Crippen LogP contribution in [-0.2, 0) is 0 Å². The summed E-state index contributed by atoms with van der Waals surface area (Å²) in [4.78, 5) is 0. The molecule has 0 amide bonds. The van der Waals surface area contributed by atoms with Crippen molar-refractivity contribution in [2.45, 2.75) is 46.6 Å². The summed E-state index contributed by atoms with van der Waals surface area (Å²) in [5.41, 5.74) is 0. The average molecular weight is 187 g/mol. The number of aliphatic hydroxyl groups excluding tert-OH is 1. The van der Waals surface area contributed by atoms with E-state index in [9.17, 15) is 0 Å². The molecule has 0 fully saturated rings. The minimum atomic E-state index is 0.316. The zero-order chi connectivity index (χ0) is 10.3. The van der Waals surface area contributed by atoms with E-state index in [2.05, 4.69) is 33.0 Å². The fraction of sp³-hybridized carbons (Fsp3) is 1.00. The van der Waals surface area contributed by atoms with Gasteiger partial charge >= 0.3 is 0 Å². The van der Waals surface area contributed by atoms with Gasteiger partial charge in [0.15, 0.2) is 0 Å². The molecule has 0 aliphatic heterocycles. The minimum Gasteiger partial charge on any atom is -0.396 e. The Morgan fingerprint density at radius 3 is 2.23 bits per heavy atom. The third-order valence-corrected chi connectivity index (χ3v) is 2.84. The normalized spacial score (nSPS) is 16.2. The van der Waals surface area contributed by atoms with Crippen molar-refractivity contribution < 1.29 is 5.11 Å². The molecule has 2 heteroatoms. The molecule has 0 aromatic carbocycles. The van der Waals surface area contributed by atoms with Gasteiger partial charge < -0.3 is 10.4 Å². The zero-order valence-corrected chi connectivity index (χ0v) is 9.51. The summed E-state index contributed by atoms with van der Waals surface area (Å²) in [5, 5.41) is 12.3. The maximum atomic E-state index is 8.81.